The zero-order valence-electron chi connectivity index (χ0n) is 11.9. The summed E-state index contributed by atoms with van der Waals surface area (Å²) in [5.41, 5.74) is 0.637. The Labute approximate surface area is 118 Å². The van der Waals surface area contributed by atoms with Gasteiger partial charge in [0, 0.05) is 25.1 Å². The number of benzene rings is 1. The van der Waals surface area contributed by atoms with Crippen LogP contribution in [0.3, 0.4) is 0 Å². The number of ketones is 1. The number of Topliss-reactive ketones (excluding diaryl/α,β-unsaturated/α-hetero) is 1. The van der Waals surface area contributed by atoms with Crippen LogP contribution in [-0.4, -0.2) is 23.3 Å². The highest BCUT2D eigenvalue weighted by Gasteiger charge is 2.22. The Morgan fingerprint density at radius 3 is 2.55 bits per heavy atom. The summed E-state index contributed by atoms with van der Waals surface area (Å²) in [6.07, 6.45) is 4.86. The zero-order chi connectivity index (χ0) is 14.5. The first kappa shape index (κ1) is 15.1. The highest BCUT2D eigenvalue weighted by Crippen LogP contribution is 2.22. The summed E-state index contributed by atoms with van der Waals surface area (Å²) in [6.45, 7) is 2.99. The van der Waals surface area contributed by atoms with Crippen molar-refractivity contribution in [3.63, 3.8) is 0 Å². The van der Waals surface area contributed by atoms with E-state index in [0.29, 0.717) is 18.5 Å². The maximum Gasteiger partial charge on any atom is 0.131 e. The molecule has 20 heavy (non-hydrogen) atoms. The predicted octanol–water partition coefficient (Wildman–Crippen LogP) is 3.69. The third-order valence-electron chi connectivity index (χ3n) is 3.83. The van der Waals surface area contributed by atoms with E-state index in [1.54, 1.807) is 6.92 Å². The number of nitrogens with zero attached hydrogens (tertiary/aromatic N) is 1. The normalized spacial score (nSPS) is 20.6. The average Bonchev–Trinajstić information content (AvgIpc) is 2.53. The smallest absolute Gasteiger partial charge is 0.131 e. The van der Waals surface area contributed by atoms with E-state index in [4.69, 9.17) is 0 Å². The molecule has 1 aliphatic heterocycles. The highest BCUT2D eigenvalue weighted by atomic mass is 19.1. The van der Waals surface area contributed by atoms with E-state index in [1.165, 1.54) is 12.1 Å². The first-order chi connectivity index (χ1) is 9.54. The molecule has 2 rings (SSSR count). The molecule has 4 heteroatoms. The third-order valence-corrected chi connectivity index (χ3v) is 3.83. The summed E-state index contributed by atoms with van der Waals surface area (Å²) < 4.78 is 26.5. The summed E-state index contributed by atoms with van der Waals surface area (Å²) in [4.78, 5) is 13.6. The Hall–Kier alpha value is -1.29. The molecule has 1 saturated heterocycles. The van der Waals surface area contributed by atoms with E-state index >= 15 is 0 Å². The zero-order valence-corrected chi connectivity index (χ0v) is 11.9. The van der Waals surface area contributed by atoms with E-state index in [2.05, 4.69) is 4.90 Å². The quantitative estimate of drug-likeness (QED) is 0.839. The van der Waals surface area contributed by atoms with Gasteiger partial charge in [-0.15, -0.1) is 0 Å². The Balaban J connectivity index is 2.11. The van der Waals surface area contributed by atoms with E-state index in [-0.39, 0.29) is 11.8 Å². The second kappa shape index (κ2) is 6.93. The fourth-order valence-corrected chi connectivity index (χ4v) is 2.94. The number of halogens is 2. The predicted molar refractivity (Wildman–Crippen MR) is 74.3 cm³/mol. The van der Waals surface area contributed by atoms with Gasteiger partial charge in [-0.1, -0.05) is 12.8 Å². The number of carbonyl (C=O) groups is 1. The molecule has 2 nitrogen and oxygen atoms in total. The van der Waals surface area contributed by atoms with Crippen LogP contribution >= 0.6 is 0 Å². The average molecular weight is 281 g/mol. The SMILES string of the molecule is CC(=O)CC1CCCCCN1Cc1cc(F)cc(F)c1. The molecule has 0 N–H and O–H groups in total. The van der Waals surface area contributed by atoms with Crippen molar-refractivity contribution in [1.82, 2.24) is 4.90 Å². The molecule has 110 valence electrons. The van der Waals surface area contributed by atoms with E-state index in [9.17, 15) is 13.6 Å². The monoisotopic (exact) mass is 281 g/mol. The second-order valence-electron chi connectivity index (χ2n) is 5.66. The van der Waals surface area contributed by atoms with Gasteiger partial charge in [0.25, 0.3) is 0 Å². The van der Waals surface area contributed by atoms with Crippen molar-refractivity contribution >= 4 is 5.78 Å². The Kier molecular flexibility index (Phi) is 5.24. The molecule has 0 spiro atoms. The van der Waals surface area contributed by atoms with Crippen LogP contribution in [0.15, 0.2) is 18.2 Å². The van der Waals surface area contributed by atoms with E-state index in [0.717, 1.165) is 38.3 Å². The van der Waals surface area contributed by atoms with Gasteiger partial charge in [-0.05, 0) is 44.0 Å². The van der Waals surface area contributed by atoms with E-state index in [1.807, 2.05) is 0 Å². The van der Waals surface area contributed by atoms with Crippen molar-refractivity contribution in [2.24, 2.45) is 0 Å². The van der Waals surface area contributed by atoms with Crippen LogP contribution in [-0.2, 0) is 11.3 Å². The molecule has 1 fully saturated rings. The molecule has 1 atom stereocenters. The van der Waals surface area contributed by atoms with Crippen molar-refractivity contribution in [1.29, 1.82) is 0 Å². The van der Waals surface area contributed by atoms with Crippen molar-refractivity contribution < 1.29 is 13.6 Å². The number of likely N-dealkylation sites (tertiary alicyclic amines) is 1. The summed E-state index contributed by atoms with van der Waals surface area (Å²) in [5.74, 6) is -0.914. The van der Waals surface area contributed by atoms with Gasteiger partial charge in [-0.2, -0.15) is 0 Å². The molecule has 0 aromatic heterocycles. The molecule has 0 saturated carbocycles. The van der Waals surface area contributed by atoms with Crippen LogP contribution in [0.1, 0.15) is 44.6 Å². The fourth-order valence-electron chi connectivity index (χ4n) is 2.94. The molecule has 1 aliphatic rings. The largest absolute Gasteiger partial charge is 0.300 e. The van der Waals surface area contributed by atoms with Crippen LogP contribution in [0.2, 0.25) is 0 Å². The number of carbonyl (C=O) groups excluding carboxylic acids is 1. The van der Waals surface area contributed by atoms with Gasteiger partial charge in [0.05, 0.1) is 0 Å². The van der Waals surface area contributed by atoms with Gasteiger partial charge in [0.1, 0.15) is 17.4 Å². The molecule has 0 bridgehead atoms. The van der Waals surface area contributed by atoms with Crippen LogP contribution in [0.5, 0.6) is 0 Å². The summed E-state index contributed by atoms with van der Waals surface area (Å²) in [7, 11) is 0. The van der Waals surface area contributed by atoms with Crippen molar-refractivity contribution in [3.8, 4) is 0 Å². The van der Waals surface area contributed by atoms with Gasteiger partial charge in [0.2, 0.25) is 0 Å². The lowest BCUT2D eigenvalue weighted by Crippen LogP contribution is -2.35. The topological polar surface area (TPSA) is 20.3 Å². The molecule has 1 unspecified atom stereocenters. The van der Waals surface area contributed by atoms with Gasteiger partial charge in [0.15, 0.2) is 0 Å². The molecule has 0 aliphatic carbocycles. The molecular weight excluding hydrogens is 260 g/mol. The second-order valence-corrected chi connectivity index (χ2v) is 5.66. The van der Waals surface area contributed by atoms with Gasteiger partial charge in [-0.3, -0.25) is 9.69 Å². The van der Waals surface area contributed by atoms with Crippen LogP contribution < -0.4 is 0 Å². The third kappa shape index (κ3) is 4.37. The first-order valence-electron chi connectivity index (χ1n) is 7.23. The van der Waals surface area contributed by atoms with Gasteiger partial charge < -0.3 is 0 Å². The lowest BCUT2D eigenvalue weighted by Gasteiger charge is -2.29. The number of rotatable bonds is 4. The van der Waals surface area contributed by atoms with Crippen molar-refractivity contribution in [2.45, 2.75) is 51.6 Å². The summed E-state index contributed by atoms with van der Waals surface area (Å²) >= 11 is 0. The Bertz CT molecular complexity index is 455. The van der Waals surface area contributed by atoms with Crippen molar-refractivity contribution in [2.75, 3.05) is 6.54 Å². The minimum absolute atomic E-state index is 0.173. The minimum atomic E-state index is -0.544. The molecule has 1 aromatic carbocycles. The first-order valence-corrected chi connectivity index (χ1v) is 7.23. The van der Waals surface area contributed by atoms with Crippen LogP contribution in [0.25, 0.3) is 0 Å². The minimum Gasteiger partial charge on any atom is -0.300 e. The standard InChI is InChI=1S/C16H21F2NO/c1-12(20)7-16-5-3-2-4-6-19(16)11-13-8-14(17)10-15(18)9-13/h8-10,16H,2-7,11H2,1H3. The maximum absolute atomic E-state index is 13.3. The lowest BCUT2D eigenvalue weighted by molar-refractivity contribution is -0.118. The maximum atomic E-state index is 13.3. The summed E-state index contributed by atoms with van der Waals surface area (Å²) in [5, 5.41) is 0. The van der Waals surface area contributed by atoms with E-state index < -0.39 is 11.6 Å². The fraction of sp³-hybridized carbons (Fsp3) is 0.562. The van der Waals surface area contributed by atoms with Gasteiger partial charge in [-0.25, -0.2) is 8.78 Å². The van der Waals surface area contributed by atoms with Crippen molar-refractivity contribution in [3.05, 3.63) is 35.4 Å². The Morgan fingerprint density at radius 2 is 1.90 bits per heavy atom. The summed E-state index contributed by atoms with van der Waals surface area (Å²) in [6, 6.07) is 3.83. The molecular formula is C16H21F2NO. The molecule has 0 amide bonds. The van der Waals surface area contributed by atoms with Gasteiger partial charge >= 0.3 is 0 Å². The molecule has 1 heterocycles. The number of hydrogen-bond donors (Lipinski definition) is 0. The van der Waals surface area contributed by atoms with Crippen LogP contribution in [0, 0.1) is 11.6 Å². The van der Waals surface area contributed by atoms with Crippen LogP contribution in [0.4, 0.5) is 8.78 Å². The Morgan fingerprint density at radius 1 is 1.20 bits per heavy atom. The molecule has 1 aromatic rings. The number of hydrogen-bond acceptors (Lipinski definition) is 2. The highest BCUT2D eigenvalue weighted by molar-refractivity contribution is 5.76. The molecule has 0 radical (unpaired) electrons. The lowest BCUT2D eigenvalue weighted by atomic mass is 10.0.